The normalized spacial score (nSPS) is 10.1. The summed E-state index contributed by atoms with van der Waals surface area (Å²) in [4.78, 5) is 11.6. The monoisotopic (exact) mass is 285 g/mol. The Bertz CT molecular complexity index is 552. The van der Waals surface area contributed by atoms with Gasteiger partial charge in [-0.3, -0.25) is 4.79 Å². The van der Waals surface area contributed by atoms with Crippen LogP contribution >= 0.6 is 0 Å². The lowest BCUT2D eigenvalue weighted by molar-refractivity contribution is -0.121. The van der Waals surface area contributed by atoms with Crippen LogP contribution in [0.4, 0.5) is 0 Å². The van der Waals surface area contributed by atoms with Gasteiger partial charge in [-0.15, -0.1) is 0 Å². The topological polar surface area (TPSA) is 58.6 Å². The van der Waals surface area contributed by atoms with Crippen molar-refractivity contribution in [3.8, 4) is 11.5 Å². The van der Waals surface area contributed by atoms with E-state index in [2.05, 4.69) is 5.32 Å². The lowest BCUT2D eigenvalue weighted by Gasteiger charge is -2.07. The quantitative estimate of drug-likeness (QED) is 0.822. The standard InChI is InChI=1S/C17H19NO3/c19-15-8-6-14(7-9-15)10-12-18-17(20)11-13-21-16-4-2-1-3-5-16/h1-9,19H,10-13H2,(H,18,20). The van der Waals surface area contributed by atoms with Crippen molar-refractivity contribution in [3.63, 3.8) is 0 Å². The number of carbonyl (C=O) groups excluding carboxylic acids is 1. The third kappa shape index (κ3) is 5.57. The van der Waals surface area contributed by atoms with E-state index in [1.54, 1.807) is 12.1 Å². The summed E-state index contributed by atoms with van der Waals surface area (Å²) in [7, 11) is 0. The fourth-order valence-electron chi connectivity index (χ4n) is 1.88. The Balaban J connectivity index is 1.60. The van der Waals surface area contributed by atoms with Crippen LogP contribution in [0.2, 0.25) is 0 Å². The predicted octanol–water partition coefficient (Wildman–Crippen LogP) is 2.52. The van der Waals surface area contributed by atoms with E-state index in [-0.39, 0.29) is 11.7 Å². The number of hydrogen-bond donors (Lipinski definition) is 2. The van der Waals surface area contributed by atoms with E-state index >= 15 is 0 Å². The first-order valence-electron chi connectivity index (χ1n) is 6.96. The van der Waals surface area contributed by atoms with Gasteiger partial charge in [0.2, 0.25) is 5.91 Å². The third-order valence-corrected chi connectivity index (χ3v) is 3.01. The number of aromatic hydroxyl groups is 1. The van der Waals surface area contributed by atoms with Crippen molar-refractivity contribution in [1.82, 2.24) is 5.32 Å². The molecule has 0 aliphatic heterocycles. The second-order valence-electron chi connectivity index (χ2n) is 4.68. The van der Waals surface area contributed by atoms with Gasteiger partial charge in [0.05, 0.1) is 13.0 Å². The van der Waals surface area contributed by atoms with Crippen LogP contribution in [0.5, 0.6) is 11.5 Å². The van der Waals surface area contributed by atoms with Gasteiger partial charge in [0.25, 0.3) is 0 Å². The number of phenolic OH excluding ortho intramolecular Hbond substituents is 1. The average Bonchev–Trinajstić information content (AvgIpc) is 2.50. The fraction of sp³-hybridized carbons (Fsp3) is 0.235. The molecule has 0 spiro atoms. The smallest absolute Gasteiger partial charge is 0.223 e. The van der Waals surface area contributed by atoms with Crippen LogP contribution in [-0.2, 0) is 11.2 Å². The van der Waals surface area contributed by atoms with Gasteiger partial charge in [-0.1, -0.05) is 30.3 Å². The van der Waals surface area contributed by atoms with E-state index in [0.29, 0.717) is 19.6 Å². The predicted molar refractivity (Wildman–Crippen MR) is 81.4 cm³/mol. The lowest BCUT2D eigenvalue weighted by atomic mass is 10.1. The minimum absolute atomic E-state index is 0.0234. The molecule has 4 heteroatoms. The maximum absolute atomic E-state index is 11.6. The molecule has 0 radical (unpaired) electrons. The zero-order valence-corrected chi connectivity index (χ0v) is 11.8. The molecule has 1 amide bonds. The minimum Gasteiger partial charge on any atom is -0.508 e. The molecular weight excluding hydrogens is 266 g/mol. The Morgan fingerprint density at radius 2 is 1.76 bits per heavy atom. The highest BCUT2D eigenvalue weighted by molar-refractivity contribution is 5.75. The number of amides is 1. The van der Waals surface area contributed by atoms with Crippen LogP contribution in [-0.4, -0.2) is 24.2 Å². The van der Waals surface area contributed by atoms with E-state index in [1.165, 1.54) is 0 Å². The highest BCUT2D eigenvalue weighted by Gasteiger charge is 2.02. The van der Waals surface area contributed by atoms with E-state index < -0.39 is 0 Å². The molecule has 2 aromatic rings. The first kappa shape index (κ1) is 14.9. The maximum atomic E-state index is 11.6. The molecule has 2 aromatic carbocycles. The molecule has 0 bridgehead atoms. The van der Waals surface area contributed by atoms with Gasteiger partial charge in [0.1, 0.15) is 11.5 Å². The van der Waals surface area contributed by atoms with E-state index in [9.17, 15) is 9.90 Å². The first-order valence-corrected chi connectivity index (χ1v) is 6.96. The molecule has 2 rings (SSSR count). The van der Waals surface area contributed by atoms with Crippen LogP contribution in [0.1, 0.15) is 12.0 Å². The Labute approximate surface area is 124 Å². The Morgan fingerprint density at radius 3 is 2.48 bits per heavy atom. The molecule has 0 aromatic heterocycles. The third-order valence-electron chi connectivity index (χ3n) is 3.01. The number of hydrogen-bond acceptors (Lipinski definition) is 3. The summed E-state index contributed by atoms with van der Waals surface area (Å²) in [5.41, 5.74) is 1.08. The molecule has 0 unspecified atom stereocenters. The van der Waals surface area contributed by atoms with Gasteiger partial charge >= 0.3 is 0 Å². The van der Waals surface area contributed by atoms with Crippen LogP contribution in [0.15, 0.2) is 54.6 Å². The molecule has 0 atom stereocenters. The van der Waals surface area contributed by atoms with Crippen LogP contribution in [0, 0.1) is 0 Å². The maximum Gasteiger partial charge on any atom is 0.223 e. The van der Waals surface area contributed by atoms with Gasteiger partial charge < -0.3 is 15.2 Å². The van der Waals surface area contributed by atoms with Crippen LogP contribution in [0.25, 0.3) is 0 Å². The molecule has 0 aliphatic carbocycles. The fourth-order valence-corrected chi connectivity index (χ4v) is 1.88. The zero-order valence-electron chi connectivity index (χ0n) is 11.8. The van der Waals surface area contributed by atoms with Crippen LogP contribution < -0.4 is 10.1 Å². The molecule has 4 nitrogen and oxygen atoms in total. The van der Waals surface area contributed by atoms with Crippen molar-refractivity contribution in [3.05, 3.63) is 60.2 Å². The van der Waals surface area contributed by atoms with Crippen molar-refractivity contribution >= 4 is 5.91 Å². The summed E-state index contributed by atoms with van der Waals surface area (Å²) in [6.07, 6.45) is 1.08. The highest BCUT2D eigenvalue weighted by atomic mass is 16.5. The largest absolute Gasteiger partial charge is 0.508 e. The van der Waals surface area contributed by atoms with E-state index in [0.717, 1.165) is 17.7 Å². The highest BCUT2D eigenvalue weighted by Crippen LogP contribution is 2.10. The summed E-state index contributed by atoms with van der Waals surface area (Å²) in [6.45, 7) is 0.948. The SMILES string of the molecule is O=C(CCOc1ccccc1)NCCc1ccc(O)cc1. The number of para-hydroxylation sites is 1. The van der Waals surface area contributed by atoms with Gasteiger partial charge in [-0.05, 0) is 36.2 Å². The molecule has 110 valence electrons. The number of carbonyl (C=O) groups is 1. The summed E-state index contributed by atoms with van der Waals surface area (Å²) < 4.78 is 5.47. The van der Waals surface area contributed by atoms with Gasteiger partial charge in [-0.2, -0.15) is 0 Å². The summed E-state index contributed by atoms with van der Waals surface area (Å²) in [5, 5.41) is 12.0. The second-order valence-corrected chi connectivity index (χ2v) is 4.68. The van der Waals surface area contributed by atoms with Crippen molar-refractivity contribution in [1.29, 1.82) is 0 Å². The molecule has 0 heterocycles. The van der Waals surface area contributed by atoms with Crippen LogP contribution in [0.3, 0.4) is 0 Å². The molecule has 21 heavy (non-hydrogen) atoms. The molecular formula is C17H19NO3. The van der Waals surface area contributed by atoms with Crippen molar-refractivity contribution < 1.29 is 14.6 Å². The summed E-state index contributed by atoms with van der Waals surface area (Å²) in [5.74, 6) is 1.000. The Hall–Kier alpha value is -2.49. The van der Waals surface area contributed by atoms with Gasteiger partial charge in [0.15, 0.2) is 0 Å². The summed E-state index contributed by atoms with van der Waals surface area (Å²) in [6, 6.07) is 16.4. The van der Waals surface area contributed by atoms with Gasteiger partial charge in [-0.25, -0.2) is 0 Å². The molecule has 0 saturated heterocycles. The minimum atomic E-state index is -0.0234. The molecule has 0 aliphatic rings. The van der Waals surface area contributed by atoms with Crippen molar-refractivity contribution in [2.24, 2.45) is 0 Å². The van der Waals surface area contributed by atoms with Gasteiger partial charge in [0, 0.05) is 6.54 Å². The average molecular weight is 285 g/mol. The van der Waals surface area contributed by atoms with Crippen molar-refractivity contribution in [2.75, 3.05) is 13.2 Å². The number of benzene rings is 2. The van der Waals surface area contributed by atoms with E-state index in [1.807, 2.05) is 42.5 Å². The molecule has 0 saturated carbocycles. The van der Waals surface area contributed by atoms with Crippen molar-refractivity contribution in [2.45, 2.75) is 12.8 Å². The zero-order chi connectivity index (χ0) is 14.9. The first-order chi connectivity index (χ1) is 10.2. The number of phenols is 1. The lowest BCUT2D eigenvalue weighted by Crippen LogP contribution is -2.27. The number of nitrogens with one attached hydrogen (secondary N) is 1. The summed E-state index contributed by atoms with van der Waals surface area (Å²) >= 11 is 0. The molecule has 2 N–H and O–H groups in total. The second kappa shape index (κ2) is 7.94. The number of ether oxygens (including phenoxy) is 1. The Morgan fingerprint density at radius 1 is 1.05 bits per heavy atom. The van der Waals surface area contributed by atoms with E-state index in [4.69, 9.17) is 4.74 Å². The number of rotatable bonds is 7. The molecule has 0 fully saturated rings. The Kier molecular flexibility index (Phi) is 5.64.